The highest BCUT2D eigenvalue weighted by atomic mass is 16.2. The fourth-order valence-electron chi connectivity index (χ4n) is 0. The highest BCUT2D eigenvalue weighted by molar-refractivity contribution is 4.26. The molecule has 0 radical (unpaired) electrons. The van der Waals surface area contributed by atoms with E-state index in [4.69, 9.17) is 16.6 Å². The van der Waals surface area contributed by atoms with Crippen LogP contribution in [0.25, 0.3) is 0 Å². The monoisotopic (exact) mass is 120 g/mol. The van der Waals surface area contributed by atoms with Gasteiger partial charge in [-0.2, -0.15) is 0 Å². The lowest BCUT2D eigenvalue weighted by atomic mass is 10.5. The van der Waals surface area contributed by atoms with E-state index in [0.29, 0.717) is 19.7 Å². The predicted molar refractivity (Wildman–Crippen MR) is 35.5 cm³/mol. The van der Waals surface area contributed by atoms with Crippen LogP contribution in [0.1, 0.15) is 13.3 Å². The van der Waals surface area contributed by atoms with Gasteiger partial charge in [0.25, 0.3) is 0 Å². The van der Waals surface area contributed by atoms with Crippen LogP contribution in [-0.2, 0) is 0 Å². The predicted octanol–water partition coefficient (Wildman–Crippen LogP) is -0.707. The summed E-state index contributed by atoms with van der Waals surface area (Å²) >= 11 is 0. The minimum Gasteiger partial charge on any atom is -0.396 e. The molecule has 0 rings (SSSR count). The molecule has 0 spiro atoms. The fourth-order valence-corrected chi connectivity index (χ4v) is 0. The maximum Gasteiger partial charge on any atom is 0.0428 e. The van der Waals surface area contributed by atoms with Gasteiger partial charge in [-0.25, -0.2) is 0 Å². The third kappa shape index (κ3) is 39.6. The summed E-state index contributed by atoms with van der Waals surface area (Å²) in [5.74, 6) is 0. The van der Waals surface area contributed by atoms with Crippen molar-refractivity contribution >= 4 is 0 Å². The highest BCUT2D eigenvalue weighted by Crippen LogP contribution is 1.61. The molecule has 0 saturated heterocycles. The Hall–Kier alpha value is -0.120. The molecular weight excluding hydrogens is 104 g/mol. The van der Waals surface area contributed by atoms with Crippen LogP contribution in [0.2, 0.25) is 0 Å². The zero-order valence-corrected chi connectivity index (χ0v) is 5.43. The third-order valence-electron chi connectivity index (χ3n) is 0.390. The van der Waals surface area contributed by atoms with Gasteiger partial charge in [-0.3, -0.25) is 0 Å². The number of hydrogen-bond donors (Lipinski definition) is 3. The minimum absolute atomic E-state index is 0.319. The molecule has 0 amide bonds. The maximum absolute atomic E-state index is 7.88. The molecule has 0 fully saturated rings. The topological polar surface area (TPSA) is 72.3 Å². The van der Waals surface area contributed by atoms with E-state index in [1.807, 2.05) is 6.92 Å². The van der Waals surface area contributed by atoms with Gasteiger partial charge in [-0.15, -0.1) is 0 Å². The Morgan fingerprint density at radius 3 is 1.50 bits per heavy atom. The van der Waals surface area contributed by atoms with Gasteiger partial charge in [0.1, 0.15) is 0 Å². The zero-order chi connectivity index (χ0) is 6.83. The summed E-state index contributed by atoms with van der Waals surface area (Å²) in [4.78, 5) is 0. The van der Waals surface area contributed by atoms with Gasteiger partial charge in [0, 0.05) is 19.7 Å². The van der Waals surface area contributed by atoms with E-state index in [0.717, 1.165) is 6.42 Å². The number of rotatable bonds is 2. The molecule has 0 aliphatic rings. The first kappa shape index (κ1) is 10.8. The van der Waals surface area contributed by atoms with Gasteiger partial charge in [-0.1, -0.05) is 6.92 Å². The smallest absolute Gasteiger partial charge is 0.0428 e. The standard InChI is InChI=1S/C3H8O.C2H8N2/c1-2-3-4;3-1-2-4/h4H,2-3H2,1H3;1-4H2. The summed E-state index contributed by atoms with van der Waals surface area (Å²) in [5, 5.41) is 7.88. The molecule has 0 saturated carbocycles. The molecule has 0 aromatic rings. The third-order valence-corrected chi connectivity index (χ3v) is 0.390. The summed E-state index contributed by atoms with van der Waals surface area (Å²) < 4.78 is 0. The van der Waals surface area contributed by atoms with Gasteiger partial charge in [0.05, 0.1) is 0 Å². The molecule has 0 aliphatic heterocycles. The van der Waals surface area contributed by atoms with Crippen LogP contribution in [0.15, 0.2) is 0 Å². The van der Waals surface area contributed by atoms with Gasteiger partial charge in [0.2, 0.25) is 0 Å². The minimum atomic E-state index is 0.319. The summed E-state index contributed by atoms with van der Waals surface area (Å²) in [7, 11) is 0. The van der Waals surface area contributed by atoms with Crippen LogP contribution < -0.4 is 11.5 Å². The van der Waals surface area contributed by atoms with E-state index < -0.39 is 0 Å². The Labute approximate surface area is 50.7 Å². The number of aliphatic hydroxyl groups excluding tert-OH is 1. The Morgan fingerprint density at radius 2 is 1.50 bits per heavy atom. The van der Waals surface area contributed by atoms with Gasteiger partial charge in [-0.05, 0) is 6.42 Å². The molecule has 5 N–H and O–H groups in total. The summed E-state index contributed by atoms with van der Waals surface area (Å²) in [6, 6.07) is 0. The van der Waals surface area contributed by atoms with Crippen molar-refractivity contribution in [2.24, 2.45) is 11.5 Å². The zero-order valence-electron chi connectivity index (χ0n) is 5.43. The van der Waals surface area contributed by atoms with Crippen molar-refractivity contribution in [3.05, 3.63) is 0 Å². The van der Waals surface area contributed by atoms with Crippen LogP contribution in [0.4, 0.5) is 0 Å². The maximum atomic E-state index is 7.88. The van der Waals surface area contributed by atoms with E-state index in [-0.39, 0.29) is 0 Å². The van der Waals surface area contributed by atoms with E-state index >= 15 is 0 Å². The molecule has 0 aliphatic carbocycles. The summed E-state index contributed by atoms with van der Waals surface area (Å²) in [6.45, 7) is 3.44. The van der Waals surface area contributed by atoms with E-state index in [1.54, 1.807) is 0 Å². The van der Waals surface area contributed by atoms with Gasteiger partial charge < -0.3 is 16.6 Å². The molecule has 0 aromatic carbocycles. The van der Waals surface area contributed by atoms with Crippen molar-refractivity contribution in [2.75, 3.05) is 19.7 Å². The van der Waals surface area contributed by atoms with E-state index in [9.17, 15) is 0 Å². The van der Waals surface area contributed by atoms with Crippen molar-refractivity contribution in [3.63, 3.8) is 0 Å². The fraction of sp³-hybridized carbons (Fsp3) is 1.00. The first-order valence-electron chi connectivity index (χ1n) is 2.84. The van der Waals surface area contributed by atoms with Crippen molar-refractivity contribution in [1.82, 2.24) is 0 Å². The van der Waals surface area contributed by atoms with Crippen LogP contribution in [0.5, 0.6) is 0 Å². The number of aliphatic hydroxyl groups is 1. The van der Waals surface area contributed by atoms with E-state index in [1.165, 1.54) is 0 Å². The molecule has 52 valence electrons. The number of hydrogen-bond acceptors (Lipinski definition) is 3. The molecular formula is C5H16N2O. The molecule has 8 heavy (non-hydrogen) atoms. The molecule has 0 heterocycles. The van der Waals surface area contributed by atoms with Crippen molar-refractivity contribution in [2.45, 2.75) is 13.3 Å². The largest absolute Gasteiger partial charge is 0.396 e. The quantitative estimate of drug-likeness (QED) is 0.451. The molecule has 0 atom stereocenters. The molecule has 3 nitrogen and oxygen atoms in total. The molecule has 0 unspecified atom stereocenters. The first-order valence-corrected chi connectivity index (χ1v) is 2.84. The van der Waals surface area contributed by atoms with Crippen molar-refractivity contribution in [3.8, 4) is 0 Å². The Balaban J connectivity index is 0. The second-order valence-corrected chi connectivity index (χ2v) is 1.30. The lowest BCUT2D eigenvalue weighted by molar-refractivity contribution is 0.295. The molecule has 3 heteroatoms. The Morgan fingerprint density at radius 1 is 1.25 bits per heavy atom. The second kappa shape index (κ2) is 15.8. The molecule has 0 bridgehead atoms. The van der Waals surface area contributed by atoms with Crippen LogP contribution in [-0.4, -0.2) is 24.8 Å². The van der Waals surface area contributed by atoms with E-state index in [2.05, 4.69) is 0 Å². The average molecular weight is 120 g/mol. The van der Waals surface area contributed by atoms with Gasteiger partial charge >= 0.3 is 0 Å². The SMILES string of the molecule is CCCO.NCCN. The van der Waals surface area contributed by atoms with Crippen molar-refractivity contribution < 1.29 is 5.11 Å². The van der Waals surface area contributed by atoms with Crippen LogP contribution in [0.3, 0.4) is 0 Å². The Bertz CT molecular complexity index is 18.4. The first-order chi connectivity index (χ1) is 3.83. The normalized spacial score (nSPS) is 7.50. The number of nitrogens with two attached hydrogens (primary N) is 2. The lowest BCUT2D eigenvalue weighted by Crippen LogP contribution is -2.11. The summed E-state index contributed by atoms with van der Waals surface area (Å²) in [6.07, 6.45) is 0.875. The van der Waals surface area contributed by atoms with Crippen molar-refractivity contribution in [1.29, 1.82) is 0 Å². The highest BCUT2D eigenvalue weighted by Gasteiger charge is 1.57. The van der Waals surface area contributed by atoms with Crippen LogP contribution in [0, 0.1) is 0 Å². The van der Waals surface area contributed by atoms with Crippen LogP contribution >= 0.6 is 0 Å². The summed E-state index contributed by atoms with van der Waals surface area (Å²) in [5.41, 5.74) is 9.81. The lowest BCUT2D eigenvalue weighted by Gasteiger charge is -1.72. The second-order valence-electron chi connectivity index (χ2n) is 1.30. The van der Waals surface area contributed by atoms with Gasteiger partial charge in [0.15, 0.2) is 0 Å². The molecule has 0 aromatic heterocycles. The average Bonchev–Trinajstić information content (AvgIpc) is 1.88. The Kier molecular flexibility index (Phi) is 21.3.